The fourth-order valence-corrected chi connectivity index (χ4v) is 4.81. The van der Waals surface area contributed by atoms with Gasteiger partial charge in [0.15, 0.2) is 5.57 Å². The van der Waals surface area contributed by atoms with Crippen LogP contribution in [0.4, 0.5) is 0 Å². The molecule has 0 aliphatic carbocycles. The number of nitrogens with zero attached hydrogens (tertiary/aromatic N) is 6. The Morgan fingerprint density at radius 2 is 1.48 bits per heavy atom. The van der Waals surface area contributed by atoms with E-state index in [0.29, 0.717) is 6.04 Å². The SMILES string of the molecule is CC1CCCN1CCCN1CCN(CCCN2CCCC2)C1=C(C#N)C#N. The molecule has 3 rings (SSSR count). The first-order valence-corrected chi connectivity index (χ1v) is 10.7. The van der Waals surface area contributed by atoms with Crippen molar-refractivity contribution in [3.63, 3.8) is 0 Å². The summed E-state index contributed by atoms with van der Waals surface area (Å²) in [6.07, 6.45) is 7.48. The standard InChI is InChI=1S/C21H34N6/c1-19-7-4-11-25(19)12-6-14-27-16-15-26(21(27)20(17-22)18-23)13-5-10-24-8-2-3-9-24/h19H,2-16H2,1H3. The maximum absolute atomic E-state index is 9.45. The van der Waals surface area contributed by atoms with Crippen LogP contribution in [0.5, 0.6) is 0 Å². The lowest BCUT2D eigenvalue weighted by Crippen LogP contribution is -2.32. The molecule has 0 aromatic carbocycles. The molecule has 0 spiro atoms. The van der Waals surface area contributed by atoms with Gasteiger partial charge in [0.1, 0.15) is 18.0 Å². The average Bonchev–Trinajstić information content (AvgIpc) is 3.41. The molecule has 3 fully saturated rings. The van der Waals surface area contributed by atoms with Gasteiger partial charge in [-0.05, 0) is 71.6 Å². The summed E-state index contributed by atoms with van der Waals surface area (Å²) in [5, 5.41) is 18.9. The predicted octanol–water partition coefficient (Wildman–Crippen LogP) is 2.22. The van der Waals surface area contributed by atoms with Crippen molar-refractivity contribution < 1.29 is 0 Å². The third-order valence-electron chi connectivity index (χ3n) is 6.35. The van der Waals surface area contributed by atoms with Gasteiger partial charge < -0.3 is 19.6 Å². The number of hydrogen-bond donors (Lipinski definition) is 0. The van der Waals surface area contributed by atoms with E-state index in [2.05, 4.69) is 38.7 Å². The topological polar surface area (TPSA) is 60.5 Å². The minimum Gasteiger partial charge on any atom is -0.355 e. The van der Waals surface area contributed by atoms with Gasteiger partial charge in [0.25, 0.3) is 0 Å². The van der Waals surface area contributed by atoms with Gasteiger partial charge in [-0.25, -0.2) is 0 Å². The van der Waals surface area contributed by atoms with E-state index in [1.807, 2.05) is 0 Å². The summed E-state index contributed by atoms with van der Waals surface area (Å²) in [4.78, 5) is 9.65. The van der Waals surface area contributed by atoms with Gasteiger partial charge in [0, 0.05) is 38.8 Å². The van der Waals surface area contributed by atoms with Crippen LogP contribution in [-0.4, -0.2) is 84.5 Å². The Bertz CT molecular complexity index is 579. The minimum absolute atomic E-state index is 0.281. The molecule has 0 aromatic heterocycles. The second kappa shape index (κ2) is 9.97. The molecule has 6 heteroatoms. The Balaban J connectivity index is 1.53. The highest BCUT2D eigenvalue weighted by Crippen LogP contribution is 2.23. The van der Waals surface area contributed by atoms with Gasteiger partial charge >= 0.3 is 0 Å². The van der Waals surface area contributed by atoms with E-state index in [-0.39, 0.29) is 5.57 Å². The third kappa shape index (κ3) is 5.15. The van der Waals surface area contributed by atoms with Gasteiger partial charge in [0.05, 0.1) is 0 Å². The van der Waals surface area contributed by atoms with E-state index in [9.17, 15) is 10.5 Å². The van der Waals surface area contributed by atoms with Crippen molar-refractivity contribution >= 4 is 0 Å². The van der Waals surface area contributed by atoms with Crippen LogP contribution in [-0.2, 0) is 0 Å². The number of hydrogen-bond acceptors (Lipinski definition) is 6. The zero-order valence-corrected chi connectivity index (χ0v) is 16.9. The Morgan fingerprint density at radius 3 is 2.04 bits per heavy atom. The van der Waals surface area contributed by atoms with Crippen molar-refractivity contribution in [2.75, 3.05) is 58.9 Å². The summed E-state index contributed by atoms with van der Waals surface area (Å²) in [6, 6.07) is 4.98. The molecule has 6 nitrogen and oxygen atoms in total. The van der Waals surface area contributed by atoms with Gasteiger partial charge in [0.2, 0.25) is 0 Å². The molecular weight excluding hydrogens is 336 g/mol. The molecule has 0 amide bonds. The smallest absolute Gasteiger partial charge is 0.169 e. The maximum Gasteiger partial charge on any atom is 0.169 e. The zero-order valence-electron chi connectivity index (χ0n) is 16.9. The monoisotopic (exact) mass is 370 g/mol. The molecule has 27 heavy (non-hydrogen) atoms. The second-order valence-electron chi connectivity index (χ2n) is 8.18. The molecule has 0 aromatic rings. The van der Waals surface area contributed by atoms with Crippen LogP contribution in [0.1, 0.15) is 45.4 Å². The molecule has 148 valence electrons. The fraction of sp³-hybridized carbons (Fsp3) is 0.810. The lowest BCUT2D eigenvalue weighted by Gasteiger charge is -2.27. The Labute approximate surface area is 164 Å². The third-order valence-corrected chi connectivity index (χ3v) is 6.35. The van der Waals surface area contributed by atoms with Crippen molar-refractivity contribution in [3.8, 4) is 12.1 Å². The lowest BCUT2D eigenvalue weighted by molar-refractivity contribution is 0.244. The Hall–Kier alpha value is -1.76. The molecule has 3 aliphatic rings. The van der Waals surface area contributed by atoms with E-state index in [0.717, 1.165) is 57.9 Å². The highest BCUT2D eigenvalue weighted by Gasteiger charge is 2.28. The molecule has 0 saturated carbocycles. The van der Waals surface area contributed by atoms with Crippen molar-refractivity contribution in [1.29, 1.82) is 10.5 Å². The van der Waals surface area contributed by atoms with Crippen LogP contribution in [0.15, 0.2) is 11.4 Å². The first kappa shape index (κ1) is 20.0. The Morgan fingerprint density at radius 1 is 0.852 bits per heavy atom. The summed E-state index contributed by atoms with van der Waals surface area (Å²) in [5.74, 6) is 0.885. The van der Waals surface area contributed by atoms with Crippen LogP contribution < -0.4 is 0 Å². The minimum atomic E-state index is 0.281. The normalized spacial score (nSPS) is 23.8. The van der Waals surface area contributed by atoms with Gasteiger partial charge in [-0.15, -0.1) is 0 Å². The highest BCUT2D eigenvalue weighted by atomic mass is 15.4. The van der Waals surface area contributed by atoms with Crippen LogP contribution >= 0.6 is 0 Å². The number of rotatable bonds is 8. The first-order chi connectivity index (χ1) is 13.2. The number of nitriles is 2. The quantitative estimate of drug-likeness (QED) is 0.611. The molecule has 1 unspecified atom stereocenters. The zero-order chi connectivity index (χ0) is 19.1. The number of likely N-dealkylation sites (tertiary alicyclic amines) is 2. The molecule has 3 aliphatic heterocycles. The molecule has 0 N–H and O–H groups in total. The summed E-state index contributed by atoms with van der Waals surface area (Å²) in [5.41, 5.74) is 0.281. The molecule has 3 heterocycles. The summed E-state index contributed by atoms with van der Waals surface area (Å²) in [7, 11) is 0. The van der Waals surface area contributed by atoms with Crippen LogP contribution in [0.2, 0.25) is 0 Å². The molecule has 1 atom stereocenters. The lowest BCUT2D eigenvalue weighted by atomic mass is 10.2. The maximum atomic E-state index is 9.45. The van der Waals surface area contributed by atoms with Crippen LogP contribution in [0.3, 0.4) is 0 Å². The van der Waals surface area contributed by atoms with Crippen molar-refractivity contribution in [2.45, 2.75) is 51.5 Å². The highest BCUT2D eigenvalue weighted by molar-refractivity contribution is 5.40. The van der Waals surface area contributed by atoms with Crippen molar-refractivity contribution in [2.24, 2.45) is 0 Å². The average molecular weight is 371 g/mol. The van der Waals surface area contributed by atoms with Gasteiger partial charge in [-0.1, -0.05) is 0 Å². The van der Waals surface area contributed by atoms with Crippen LogP contribution in [0.25, 0.3) is 0 Å². The molecule has 0 bridgehead atoms. The summed E-state index contributed by atoms with van der Waals surface area (Å²) in [6.45, 7) is 12.0. The fourth-order valence-electron chi connectivity index (χ4n) is 4.81. The molecular formula is C21H34N6. The van der Waals surface area contributed by atoms with Crippen molar-refractivity contribution in [1.82, 2.24) is 19.6 Å². The van der Waals surface area contributed by atoms with E-state index in [4.69, 9.17) is 0 Å². The largest absolute Gasteiger partial charge is 0.355 e. The van der Waals surface area contributed by atoms with E-state index < -0.39 is 0 Å². The van der Waals surface area contributed by atoms with Crippen molar-refractivity contribution in [3.05, 3.63) is 11.4 Å². The summed E-state index contributed by atoms with van der Waals surface area (Å²) < 4.78 is 0. The van der Waals surface area contributed by atoms with E-state index >= 15 is 0 Å². The van der Waals surface area contributed by atoms with Gasteiger partial charge in [-0.2, -0.15) is 10.5 Å². The molecule has 0 radical (unpaired) electrons. The number of allylic oxidation sites excluding steroid dienone is 1. The Kier molecular flexibility index (Phi) is 7.38. The second-order valence-corrected chi connectivity index (χ2v) is 8.18. The summed E-state index contributed by atoms with van der Waals surface area (Å²) >= 11 is 0. The van der Waals surface area contributed by atoms with E-state index in [1.54, 1.807) is 0 Å². The molecule has 3 saturated heterocycles. The van der Waals surface area contributed by atoms with Crippen LogP contribution in [0, 0.1) is 22.7 Å². The predicted molar refractivity (Wildman–Crippen MR) is 107 cm³/mol. The van der Waals surface area contributed by atoms with E-state index in [1.165, 1.54) is 45.3 Å². The van der Waals surface area contributed by atoms with Gasteiger partial charge in [-0.3, -0.25) is 0 Å². The first-order valence-electron chi connectivity index (χ1n) is 10.7.